The van der Waals surface area contributed by atoms with E-state index < -0.39 is 0 Å². The molecule has 4 heteroatoms. The number of esters is 1. The molecule has 3 nitrogen and oxygen atoms in total. The van der Waals surface area contributed by atoms with Gasteiger partial charge >= 0.3 is 5.97 Å². The van der Waals surface area contributed by atoms with Crippen molar-refractivity contribution in [1.29, 1.82) is 0 Å². The minimum atomic E-state index is -0.321. The van der Waals surface area contributed by atoms with Gasteiger partial charge in [-0.1, -0.05) is 51.1 Å². The molecule has 0 aliphatic heterocycles. The quantitative estimate of drug-likeness (QED) is 0.346. The Balaban J connectivity index is 2.74. The normalized spacial score (nSPS) is 12.7. The Hall–Kier alpha value is -1.17. The summed E-state index contributed by atoms with van der Waals surface area (Å²) in [4.78, 5) is 16.1. The molecule has 102 valence electrons. The molecule has 0 N–H and O–H groups in total. The first-order chi connectivity index (χ1) is 8.95. The van der Waals surface area contributed by atoms with Crippen LogP contribution >= 0.6 is 22.6 Å². The number of aliphatic imine (C=N–C) groups is 1. The van der Waals surface area contributed by atoms with Crippen LogP contribution < -0.4 is 0 Å². The summed E-state index contributed by atoms with van der Waals surface area (Å²) in [5, 5.41) is 0. The third kappa shape index (κ3) is 5.55. The molecule has 0 radical (unpaired) electrons. The maximum absolute atomic E-state index is 12.1. The standard InChI is InChI=1S/C15H18INO2/c1-15(2,3)13(9-17-11-16)14(18)19-10-12-7-5-4-6-8-12/h4-9,11H,10H2,1-3H3/b13-9+,17-11?. The number of halogens is 1. The first-order valence-electron chi connectivity index (χ1n) is 5.98. The third-order valence-corrected chi connectivity index (χ3v) is 2.82. The summed E-state index contributed by atoms with van der Waals surface area (Å²) in [5.74, 6) is -0.321. The fraction of sp³-hybridized carbons (Fsp3) is 0.333. The molecule has 0 saturated heterocycles. The Morgan fingerprint density at radius 3 is 2.47 bits per heavy atom. The second-order valence-corrected chi connectivity index (χ2v) is 5.66. The van der Waals surface area contributed by atoms with E-state index in [1.807, 2.05) is 73.7 Å². The molecule has 0 amide bonds. The summed E-state index contributed by atoms with van der Waals surface area (Å²) >= 11 is 2.01. The maximum atomic E-state index is 12.1. The van der Waals surface area contributed by atoms with Gasteiger partial charge in [0.2, 0.25) is 0 Å². The molecule has 0 bridgehead atoms. The van der Waals surface area contributed by atoms with Crippen LogP contribution in [0.2, 0.25) is 0 Å². The van der Waals surface area contributed by atoms with Gasteiger partial charge in [-0.2, -0.15) is 0 Å². The lowest BCUT2D eigenvalue weighted by molar-refractivity contribution is -0.141. The molecule has 0 saturated carbocycles. The van der Waals surface area contributed by atoms with Gasteiger partial charge in [0, 0.05) is 6.20 Å². The van der Waals surface area contributed by atoms with Crippen molar-refractivity contribution in [3.8, 4) is 0 Å². The number of carbonyl (C=O) groups is 1. The predicted molar refractivity (Wildman–Crippen MR) is 86.3 cm³/mol. The van der Waals surface area contributed by atoms with E-state index in [4.69, 9.17) is 4.74 Å². The first-order valence-corrected chi connectivity index (χ1v) is 7.23. The molecule has 0 aliphatic carbocycles. The molecule has 0 aliphatic rings. The maximum Gasteiger partial charge on any atom is 0.336 e. The predicted octanol–water partition coefficient (Wildman–Crippen LogP) is 4.12. The summed E-state index contributed by atoms with van der Waals surface area (Å²) in [7, 11) is 0. The lowest BCUT2D eigenvalue weighted by Gasteiger charge is -2.20. The highest BCUT2D eigenvalue weighted by atomic mass is 127. The monoisotopic (exact) mass is 371 g/mol. The zero-order valence-electron chi connectivity index (χ0n) is 11.4. The van der Waals surface area contributed by atoms with E-state index in [9.17, 15) is 4.79 Å². The molecule has 0 unspecified atom stereocenters. The van der Waals surface area contributed by atoms with Gasteiger partial charge in [0.05, 0.1) is 9.79 Å². The van der Waals surface area contributed by atoms with Crippen LogP contribution in [0.15, 0.2) is 47.1 Å². The highest BCUT2D eigenvalue weighted by Gasteiger charge is 2.25. The fourth-order valence-electron chi connectivity index (χ4n) is 1.46. The van der Waals surface area contributed by atoms with Crippen molar-refractivity contribution in [1.82, 2.24) is 0 Å². The van der Waals surface area contributed by atoms with Crippen molar-refractivity contribution >= 4 is 32.8 Å². The van der Waals surface area contributed by atoms with Crippen LogP contribution in [-0.4, -0.2) is 10.2 Å². The summed E-state index contributed by atoms with van der Waals surface area (Å²) < 4.78 is 6.95. The number of carbonyl (C=O) groups excluding carboxylic acids is 1. The van der Waals surface area contributed by atoms with Crippen LogP contribution in [0.1, 0.15) is 26.3 Å². The van der Waals surface area contributed by atoms with Gasteiger partial charge in [0.1, 0.15) is 6.61 Å². The molecule has 0 fully saturated rings. The van der Waals surface area contributed by atoms with Crippen molar-refractivity contribution in [2.24, 2.45) is 10.4 Å². The molecule has 0 atom stereocenters. The number of hydrogen-bond donors (Lipinski definition) is 0. The molecule has 0 aromatic heterocycles. The van der Waals surface area contributed by atoms with Gasteiger partial charge in [-0.05, 0) is 33.6 Å². The van der Waals surface area contributed by atoms with E-state index in [0.29, 0.717) is 5.57 Å². The van der Waals surface area contributed by atoms with Crippen LogP contribution in [-0.2, 0) is 16.1 Å². The topological polar surface area (TPSA) is 38.7 Å². The van der Waals surface area contributed by atoms with Crippen molar-refractivity contribution in [3.05, 3.63) is 47.7 Å². The minimum Gasteiger partial charge on any atom is -0.457 e. The van der Waals surface area contributed by atoms with Crippen LogP contribution in [0.4, 0.5) is 0 Å². The van der Waals surface area contributed by atoms with Gasteiger partial charge in [0.15, 0.2) is 0 Å². The summed E-state index contributed by atoms with van der Waals surface area (Å²) in [6, 6.07) is 9.63. The second-order valence-electron chi connectivity index (χ2n) is 5.10. The largest absolute Gasteiger partial charge is 0.457 e. The summed E-state index contributed by atoms with van der Waals surface area (Å²) in [6.07, 6.45) is 1.57. The van der Waals surface area contributed by atoms with Crippen LogP contribution in [0.3, 0.4) is 0 Å². The molecule has 1 aromatic rings. The zero-order chi connectivity index (χ0) is 14.3. The lowest BCUT2D eigenvalue weighted by Crippen LogP contribution is -2.20. The number of ether oxygens (including phenoxy) is 1. The Bertz CT molecular complexity index is 473. The molecule has 0 heterocycles. The minimum absolute atomic E-state index is 0.279. The van der Waals surface area contributed by atoms with E-state index in [1.165, 1.54) is 0 Å². The second kappa shape index (κ2) is 7.43. The van der Waals surface area contributed by atoms with Crippen LogP contribution in [0.5, 0.6) is 0 Å². The van der Waals surface area contributed by atoms with E-state index in [0.717, 1.165) is 5.56 Å². The Labute approximate surface area is 127 Å². The van der Waals surface area contributed by atoms with Crippen molar-refractivity contribution in [2.75, 3.05) is 0 Å². The summed E-state index contributed by atoms with van der Waals surface area (Å²) in [5.41, 5.74) is 1.24. The molecule has 1 rings (SSSR count). The van der Waals surface area contributed by atoms with Crippen molar-refractivity contribution < 1.29 is 9.53 Å². The number of hydrogen-bond acceptors (Lipinski definition) is 3. The molecule has 0 spiro atoms. The van der Waals surface area contributed by atoms with Gasteiger partial charge in [0.25, 0.3) is 0 Å². The van der Waals surface area contributed by atoms with Crippen molar-refractivity contribution in [3.63, 3.8) is 0 Å². The van der Waals surface area contributed by atoms with E-state index in [2.05, 4.69) is 4.99 Å². The SMILES string of the molecule is CC(C)(C)/C(=C/N=CI)C(=O)OCc1ccccc1. The van der Waals surface area contributed by atoms with Gasteiger partial charge in [-0.15, -0.1) is 0 Å². The average molecular weight is 371 g/mol. The van der Waals surface area contributed by atoms with E-state index >= 15 is 0 Å². The zero-order valence-corrected chi connectivity index (χ0v) is 13.5. The number of nitrogens with zero attached hydrogens (tertiary/aromatic N) is 1. The Morgan fingerprint density at radius 2 is 1.95 bits per heavy atom. The van der Waals surface area contributed by atoms with Crippen LogP contribution in [0.25, 0.3) is 0 Å². The third-order valence-electron chi connectivity index (χ3n) is 2.50. The number of benzene rings is 1. The van der Waals surface area contributed by atoms with Gasteiger partial charge in [-0.25, -0.2) is 4.79 Å². The average Bonchev–Trinajstić information content (AvgIpc) is 2.36. The lowest BCUT2D eigenvalue weighted by atomic mass is 9.87. The van der Waals surface area contributed by atoms with E-state index in [1.54, 1.807) is 10.4 Å². The van der Waals surface area contributed by atoms with Gasteiger partial charge < -0.3 is 4.74 Å². The molecule has 19 heavy (non-hydrogen) atoms. The van der Waals surface area contributed by atoms with E-state index in [-0.39, 0.29) is 18.0 Å². The van der Waals surface area contributed by atoms with Gasteiger partial charge in [-0.3, -0.25) is 4.99 Å². The van der Waals surface area contributed by atoms with Crippen LogP contribution in [0, 0.1) is 5.41 Å². The molecular weight excluding hydrogens is 353 g/mol. The Kier molecular flexibility index (Phi) is 6.21. The summed E-state index contributed by atoms with van der Waals surface area (Å²) in [6.45, 7) is 6.17. The highest BCUT2D eigenvalue weighted by Crippen LogP contribution is 2.26. The highest BCUT2D eigenvalue weighted by molar-refractivity contribution is 14.1. The fourth-order valence-corrected chi connectivity index (χ4v) is 1.62. The smallest absolute Gasteiger partial charge is 0.336 e. The van der Waals surface area contributed by atoms with Crippen molar-refractivity contribution in [2.45, 2.75) is 27.4 Å². The molecule has 1 aromatic carbocycles. The molecular formula is C15H18INO2. The first kappa shape index (κ1) is 15.9. The number of rotatable bonds is 4. The Morgan fingerprint density at radius 1 is 1.32 bits per heavy atom.